The van der Waals surface area contributed by atoms with E-state index < -0.39 is 15.8 Å². The second-order valence-electron chi connectivity index (χ2n) is 8.29. The van der Waals surface area contributed by atoms with Crippen LogP contribution in [0.3, 0.4) is 0 Å². The first kappa shape index (κ1) is 23.1. The number of aryl methyl sites for hydroxylation is 2. The van der Waals surface area contributed by atoms with Crippen LogP contribution in [-0.4, -0.2) is 59.5 Å². The van der Waals surface area contributed by atoms with Gasteiger partial charge in [0.15, 0.2) is 0 Å². The molecule has 0 radical (unpaired) electrons. The van der Waals surface area contributed by atoms with E-state index in [1.807, 2.05) is 42.8 Å². The molecule has 1 aromatic heterocycles. The first-order valence-corrected chi connectivity index (χ1v) is 12.3. The Bertz CT molecular complexity index is 1250. The Morgan fingerprint density at radius 1 is 1.00 bits per heavy atom. The highest BCUT2D eigenvalue weighted by Crippen LogP contribution is 2.19. The Hall–Kier alpha value is -3.04. The molecule has 0 bridgehead atoms. The predicted molar refractivity (Wildman–Crippen MR) is 123 cm³/mol. The molecule has 1 amide bonds. The van der Waals surface area contributed by atoms with Crippen molar-refractivity contribution in [2.45, 2.75) is 31.7 Å². The van der Waals surface area contributed by atoms with E-state index in [1.54, 1.807) is 11.0 Å². The van der Waals surface area contributed by atoms with E-state index in [0.717, 1.165) is 29.1 Å². The standard InChI is InChI=1S/C24H27FN4O3S/c1-18-15-19(2)29(26-18)17-20-5-3-6-21(16-20)24(30)27-11-4-12-28(14-13-27)33(31,32)23-9-7-22(25)8-10-23/h3,5-10,15-16H,4,11-14,17H2,1-2H3. The summed E-state index contributed by atoms with van der Waals surface area (Å²) in [7, 11) is -3.74. The van der Waals surface area contributed by atoms with Gasteiger partial charge in [0, 0.05) is 37.4 Å². The summed E-state index contributed by atoms with van der Waals surface area (Å²) in [5.74, 6) is -0.604. The highest BCUT2D eigenvalue weighted by atomic mass is 32.2. The molecule has 9 heteroatoms. The van der Waals surface area contributed by atoms with Crippen molar-refractivity contribution in [3.63, 3.8) is 0 Å². The van der Waals surface area contributed by atoms with E-state index in [0.29, 0.717) is 38.2 Å². The van der Waals surface area contributed by atoms with Crippen LogP contribution in [0, 0.1) is 19.7 Å². The van der Waals surface area contributed by atoms with Gasteiger partial charge in [0.25, 0.3) is 5.91 Å². The topological polar surface area (TPSA) is 75.5 Å². The summed E-state index contributed by atoms with van der Waals surface area (Å²) >= 11 is 0. The van der Waals surface area contributed by atoms with Gasteiger partial charge in [0.2, 0.25) is 10.0 Å². The summed E-state index contributed by atoms with van der Waals surface area (Å²) in [5, 5.41) is 4.48. The van der Waals surface area contributed by atoms with Crippen LogP contribution >= 0.6 is 0 Å². The van der Waals surface area contributed by atoms with Crippen molar-refractivity contribution in [3.05, 3.63) is 82.9 Å². The van der Waals surface area contributed by atoms with E-state index in [2.05, 4.69) is 5.10 Å². The number of amides is 1. The number of rotatable bonds is 5. The molecule has 3 aromatic rings. The number of carbonyl (C=O) groups excluding carboxylic acids is 1. The van der Waals surface area contributed by atoms with Crippen LogP contribution < -0.4 is 0 Å². The summed E-state index contributed by atoms with van der Waals surface area (Å²) in [6, 6.07) is 14.3. The lowest BCUT2D eigenvalue weighted by atomic mass is 10.1. The fourth-order valence-corrected chi connectivity index (χ4v) is 5.56. The Morgan fingerprint density at radius 2 is 1.76 bits per heavy atom. The minimum Gasteiger partial charge on any atom is -0.337 e. The minimum atomic E-state index is -3.74. The van der Waals surface area contributed by atoms with E-state index in [9.17, 15) is 17.6 Å². The number of hydrogen-bond acceptors (Lipinski definition) is 4. The Balaban J connectivity index is 1.45. The fraction of sp³-hybridized carbons (Fsp3) is 0.333. The van der Waals surface area contributed by atoms with Crippen molar-refractivity contribution in [2.75, 3.05) is 26.2 Å². The number of halogens is 1. The lowest BCUT2D eigenvalue weighted by Gasteiger charge is -2.22. The third-order valence-electron chi connectivity index (χ3n) is 5.80. The molecule has 0 unspecified atom stereocenters. The molecule has 0 saturated carbocycles. The molecule has 174 valence electrons. The molecule has 0 N–H and O–H groups in total. The van der Waals surface area contributed by atoms with Gasteiger partial charge in [0.1, 0.15) is 5.82 Å². The lowest BCUT2D eigenvalue weighted by Crippen LogP contribution is -2.37. The second-order valence-corrected chi connectivity index (χ2v) is 10.2. The van der Waals surface area contributed by atoms with Gasteiger partial charge in [-0.05, 0) is 68.3 Å². The molecular formula is C24H27FN4O3S. The van der Waals surface area contributed by atoms with Crippen LogP contribution in [-0.2, 0) is 16.6 Å². The minimum absolute atomic E-state index is 0.0560. The maximum absolute atomic E-state index is 13.2. The molecule has 1 saturated heterocycles. The van der Waals surface area contributed by atoms with Gasteiger partial charge in [-0.3, -0.25) is 9.48 Å². The first-order valence-electron chi connectivity index (χ1n) is 10.9. The SMILES string of the molecule is Cc1cc(C)n(Cc2cccc(C(=O)N3CCCN(S(=O)(=O)c4ccc(F)cc4)CC3)c2)n1. The maximum atomic E-state index is 13.2. The molecule has 0 spiro atoms. The van der Waals surface area contributed by atoms with Crippen molar-refractivity contribution in [2.24, 2.45) is 0 Å². The van der Waals surface area contributed by atoms with Crippen LogP contribution in [0.15, 0.2) is 59.5 Å². The van der Waals surface area contributed by atoms with Gasteiger partial charge in [0.05, 0.1) is 17.1 Å². The largest absolute Gasteiger partial charge is 0.337 e. The zero-order chi connectivity index (χ0) is 23.6. The lowest BCUT2D eigenvalue weighted by molar-refractivity contribution is 0.0764. The molecule has 0 aliphatic carbocycles. The normalized spacial score (nSPS) is 15.4. The second kappa shape index (κ2) is 9.44. The number of benzene rings is 2. The van der Waals surface area contributed by atoms with Crippen molar-refractivity contribution in [3.8, 4) is 0 Å². The third kappa shape index (κ3) is 5.15. The van der Waals surface area contributed by atoms with Gasteiger partial charge < -0.3 is 4.90 Å². The number of nitrogens with zero attached hydrogens (tertiary/aromatic N) is 4. The summed E-state index contributed by atoms with van der Waals surface area (Å²) in [6.45, 7) is 5.78. The van der Waals surface area contributed by atoms with Crippen molar-refractivity contribution in [1.29, 1.82) is 0 Å². The number of carbonyl (C=O) groups is 1. The van der Waals surface area contributed by atoms with Crippen LogP contribution in [0.1, 0.15) is 33.7 Å². The molecule has 7 nitrogen and oxygen atoms in total. The Kier molecular flexibility index (Phi) is 6.62. The number of sulfonamides is 1. The first-order chi connectivity index (χ1) is 15.7. The number of hydrogen-bond donors (Lipinski definition) is 0. The van der Waals surface area contributed by atoms with Crippen LogP contribution in [0.25, 0.3) is 0 Å². The quantitative estimate of drug-likeness (QED) is 0.574. The summed E-state index contributed by atoms with van der Waals surface area (Å²) in [6.07, 6.45) is 0.525. The van der Waals surface area contributed by atoms with Gasteiger partial charge >= 0.3 is 0 Å². The molecule has 1 aliphatic rings. The Morgan fingerprint density at radius 3 is 2.45 bits per heavy atom. The highest BCUT2D eigenvalue weighted by molar-refractivity contribution is 7.89. The molecule has 0 atom stereocenters. The molecule has 4 rings (SSSR count). The summed E-state index contributed by atoms with van der Waals surface area (Å²) in [5.41, 5.74) is 3.55. The Labute approximate surface area is 193 Å². The molecule has 2 heterocycles. The van der Waals surface area contributed by atoms with Crippen LogP contribution in [0.5, 0.6) is 0 Å². The van der Waals surface area contributed by atoms with Gasteiger partial charge in [-0.1, -0.05) is 12.1 Å². The van der Waals surface area contributed by atoms with Gasteiger partial charge in [-0.25, -0.2) is 12.8 Å². The van der Waals surface area contributed by atoms with E-state index in [-0.39, 0.29) is 17.3 Å². The predicted octanol–water partition coefficient (Wildman–Crippen LogP) is 3.22. The van der Waals surface area contributed by atoms with Crippen LogP contribution in [0.2, 0.25) is 0 Å². The molecule has 1 fully saturated rings. The van der Waals surface area contributed by atoms with E-state index >= 15 is 0 Å². The zero-order valence-corrected chi connectivity index (χ0v) is 19.6. The number of aromatic nitrogens is 2. The maximum Gasteiger partial charge on any atom is 0.253 e. The average molecular weight is 471 g/mol. The average Bonchev–Trinajstić information content (AvgIpc) is 2.97. The molecule has 1 aliphatic heterocycles. The van der Waals surface area contributed by atoms with Gasteiger partial charge in [-0.15, -0.1) is 0 Å². The van der Waals surface area contributed by atoms with E-state index in [1.165, 1.54) is 16.4 Å². The van der Waals surface area contributed by atoms with Crippen molar-refractivity contribution in [1.82, 2.24) is 19.0 Å². The fourth-order valence-electron chi connectivity index (χ4n) is 4.09. The summed E-state index contributed by atoms with van der Waals surface area (Å²) < 4.78 is 42.3. The monoisotopic (exact) mass is 470 g/mol. The smallest absolute Gasteiger partial charge is 0.253 e. The third-order valence-corrected chi connectivity index (χ3v) is 7.72. The van der Waals surface area contributed by atoms with Crippen LogP contribution in [0.4, 0.5) is 4.39 Å². The zero-order valence-electron chi connectivity index (χ0n) is 18.7. The molecule has 2 aromatic carbocycles. The summed E-state index contributed by atoms with van der Waals surface area (Å²) in [4.78, 5) is 14.9. The van der Waals surface area contributed by atoms with Crippen molar-refractivity contribution < 1.29 is 17.6 Å². The van der Waals surface area contributed by atoms with E-state index in [4.69, 9.17) is 0 Å². The van der Waals surface area contributed by atoms with Crippen molar-refractivity contribution >= 4 is 15.9 Å². The van der Waals surface area contributed by atoms with Gasteiger partial charge in [-0.2, -0.15) is 9.40 Å². The highest BCUT2D eigenvalue weighted by Gasteiger charge is 2.28. The molecule has 33 heavy (non-hydrogen) atoms. The molecular weight excluding hydrogens is 443 g/mol.